The smallest absolute Gasteiger partial charge is 0.335 e. The highest BCUT2D eigenvalue weighted by Gasteiger charge is 2.29. The number of phenols is 1. The fourth-order valence-electron chi connectivity index (χ4n) is 3.11. The second kappa shape index (κ2) is 12.7. The number of methoxy groups -OCH3 is 1. The van der Waals surface area contributed by atoms with Crippen LogP contribution in [-0.4, -0.2) is 93.3 Å². The highest BCUT2D eigenvalue weighted by molar-refractivity contribution is 6.37. The van der Waals surface area contributed by atoms with E-state index in [-0.39, 0.29) is 27.1 Å². The maximum Gasteiger partial charge on any atom is 0.335 e. The minimum atomic E-state index is -2.27. The van der Waals surface area contributed by atoms with Crippen LogP contribution in [0.25, 0.3) is 0 Å². The van der Waals surface area contributed by atoms with Crippen LogP contribution in [0.15, 0.2) is 6.07 Å². The van der Waals surface area contributed by atoms with Gasteiger partial charge in [-0.05, 0) is 32.0 Å². The lowest BCUT2D eigenvalue weighted by atomic mass is 10.1. The van der Waals surface area contributed by atoms with E-state index in [4.69, 9.17) is 48.4 Å². The zero-order chi connectivity index (χ0) is 24.6. The van der Waals surface area contributed by atoms with E-state index in [0.717, 1.165) is 25.9 Å². The van der Waals surface area contributed by atoms with E-state index in [0.29, 0.717) is 12.6 Å². The molecule has 3 atom stereocenters. The van der Waals surface area contributed by atoms with Gasteiger partial charge >= 0.3 is 11.9 Å². The number of benzene rings is 1. The third-order valence-electron chi connectivity index (χ3n) is 4.80. The van der Waals surface area contributed by atoms with Gasteiger partial charge < -0.3 is 35.6 Å². The number of hydrogen-bond donors (Lipinski definition) is 6. The molecule has 1 aliphatic rings. The molecule has 0 spiro atoms. The molecule has 0 unspecified atom stereocenters. The van der Waals surface area contributed by atoms with Gasteiger partial charge in [0.25, 0.3) is 5.91 Å². The van der Waals surface area contributed by atoms with Crippen molar-refractivity contribution in [2.24, 2.45) is 0 Å². The molecule has 0 saturated carbocycles. The number of ether oxygens (including phenoxy) is 1. The number of likely N-dealkylation sites (tertiary alicyclic amines) is 1. The molecule has 11 nitrogen and oxygen atoms in total. The first kappa shape index (κ1) is 27.7. The summed E-state index contributed by atoms with van der Waals surface area (Å²) in [5, 5.41) is 45.6. The van der Waals surface area contributed by atoms with Crippen LogP contribution in [0.2, 0.25) is 10.0 Å². The van der Waals surface area contributed by atoms with E-state index in [1.807, 2.05) is 0 Å². The average Bonchev–Trinajstić information content (AvgIpc) is 3.21. The number of aliphatic hydroxyl groups is 2. The van der Waals surface area contributed by atoms with Gasteiger partial charge in [0.05, 0.1) is 17.2 Å². The predicted octanol–water partition coefficient (Wildman–Crippen LogP) is 0.799. The van der Waals surface area contributed by atoms with Crippen LogP contribution < -0.4 is 10.1 Å². The van der Waals surface area contributed by atoms with Crippen LogP contribution >= 0.6 is 23.2 Å². The summed E-state index contributed by atoms with van der Waals surface area (Å²) >= 11 is 11.9. The van der Waals surface area contributed by atoms with Gasteiger partial charge in [-0.3, -0.25) is 9.69 Å². The van der Waals surface area contributed by atoms with Crippen LogP contribution in [-0.2, 0) is 9.59 Å². The minimum Gasteiger partial charge on any atom is -0.505 e. The van der Waals surface area contributed by atoms with Gasteiger partial charge in [-0.25, -0.2) is 9.59 Å². The number of nitrogens with zero attached hydrogens (tertiary/aromatic N) is 1. The molecule has 180 valence electrons. The number of aliphatic hydroxyl groups excluding tert-OH is 2. The van der Waals surface area contributed by atoms with E-state index in [1.165, 1.54) is 13.2 Å². The van der Waals surface area contributed by atoms with Gasteiger partial charge in [-0.2, -0.15) is 0 Å². The van der Waals surface area contributed by atoms with Crippen LogP contribution in [0.3, 0.4) is 0 Å². The molecule has 1 aliphatic heterocycles. The van der Waals surface area contributed by atoms with Gasteiger partial charge in [0.2, 0.25) is 0 Å². The van der Waals surface area contributed by atoms with E-state index >= 15 is 0 Å². The number of aromatic hydroxyl groups is 1. The molecule has 1 fully saturated rings. The first-order valence-corrected chi connectivity index (χ1v) is 10.3. The number of rotatable bonds is 8. The number of nitrogens with one attached hydrogen (secondary N) is 1. The number of carbonyl (C=O) groups excluding carboxylic acids is 1. The number of hydrogen-bond acceptors (Lipinski definition) is 8. The molecule has 1 heterocycles. The fourth-order valence-corrected chi connectivity index (χ4v) is 3.65. The molecule has 1 aromatic carbocycles. The predicted molar refractivity (Wildman–Crippen MR) is 115 cm³/mol. The molecule has 0 aliphatic carbocycles. The zero-order valence-corrected chi connectivity index (χ0v) is 18.9. The van der Waals surface area contributed by atoms with E-state index in [9.17, 15) is 19.5 Å². The largest absolute Gasteiger partial charge is 0.505 e. The summed E-state index contributed by atoms with van der Waals surface area (Å²) in [6, 6.07) is 1.67. The van der Waals surface area contributed by atoms with Crippen molar-refractivity contribution >= 4 is 41.0 Å². The SMILES string of the molecule is CCN1CCC[C@H]1CNC(=O)c1c(O)c(Cl)cc(Cl)c1OC.O=C(O)[C@H](O)[C@@H](O)C(=O)O. The number of amides is 1. The maximum atomic E-state index is 12.4. The van der Waals surface area contributed by atoms with Crippen molar-refractivity contribution in [1.29, 1.82) is 0 Å². The molecule has 1 amide bonds. The van der Waals surface area contributed by atoms with Crippen molar-refractivity contribution in [1.82, 2.24) is 10.2 Å². The molecular formula is C19H26Cl2N2O9. The highest BCUT2D eigenvalue weighted by atomic mass is 35.5. The van der Waals surface area contributed by atoms with Crippen molar-refractivity contribution < 1.29 is 44.7 Å². The number of carboxylic acids is 2. The Kier molecular flexibility index (Phi) is 11.0. The van der Waals surface area contributed by atoms with Crippen LogP contribution in [0.1, 0.15) is 30.1 Å². The fraction of sp³-hybridized carbons (Fsp3) is 0.526. The molecule has 1 saturated heterocycles. The normalized spacial score (nSPS) is 17.6. The molecule has 0 aromatic heterocycles. The number of likely N-dealkylation sites (N-methyl/N-ethyl adjacent to an activating group) is 1. The third-order valence-corrected chi connectivity index (χ3v) is 5.37. The van der Waals surface area contributed by atoms with Gasteiger partial charge in [0.15, 0.2) is 23.7 Å². The Morgan fingerprint density at radius 1 is 1.19 bits per heavy atom. The number of aliphatic carboxylic acids is 2. The summed E-state index contributed by atoms with van der Waals surface area (Å²) in [5.74, 6) is -4.18. The summed E-state index contributed by atoms with van der Waals surface area (Å²) < 4.78 is 5.13. The third kappa shape index (κ3) is 7.10. The number of carboxylic acid groups (broad SMARTS) is 2. The number of carbonyl (C=O) groups is 3. The van der Waals surface area contributed by atoms with Crippen molar-refractivity contribution in [2.45, 2.75) is 38.0 Å². The highest BCUT2D eigenvalue weighted by Crippen LogP contribution is 2.40. The number of halogens is 2. The molecule has 0 radical (unpaired) electrons. The monoisotopic (exact) mass is 496 g/mol. The summed E-state index contributed by atoms with van der Waals surface area (Å²) in [7, 11) is 1.39. The first-order valence-electron chi connectivity index (χ1n) is 9.55. The summed E-state index contributed by atoms with van der Waals surface area (Å²) in [4.78, 5) is 34.3. The summed E-state index contributed by atoms with van der Waals surface area (Å²) in [6.45, 7) is 4.62. The Bertz CT molecular complexity index is 820. The zero-order valence-electron chi connectivity index (χ0n) is 17.4. The molecule has 2 rings (SSSR count). The lowest BCUT2D eigenvalue weighted by Gasteiger charge is -2.23. The van der Waals surface area contributed by atoms with Gasteiger partial charge in [0, 0.05) is 12.6 Å². The van der Waals surface area contributed by atoms with Crippen LogP contribution in [0, 0.1) is 0 Å². The van der Waals surface area contributed by atoms with Crippen LogP contribution in [0.5, 0.6) is 11.5 Å². The van der Waals surface area contributed by atoms with Gasteiger partial charge in [-0.15, -0.1) is 0 Å². The molecular weight excluding hydrogens is 471 g/mol. The minimum absolute atomic E-state index is 0.0204. The van der Waals surface area contributed by atoms with E-state index in [2.05, 4.69) is 17.1 Å². The molecule has 1 aromatic rings. The van der Waals surface area contributed by atoms with Crippen LogP contribution in [0.4, 0.5) is 0 Å². The van der Waals surface area contributed by atoms with Gasteiger partial charge in [0.1, 0.15) is 5.56 Å². The lowest BCUT2D eigenvalue weighted by Crippen LogP contribution is -2.40. The Labute approximate surface area is 194 Å². The molecule has 0 bridgehead atoms. The van der Waals surface area contributed by atoms with Crippen molar-refractivity contribution in [2.75, 3.05) is 26.7 Å². The average molecular weight is 497 g/mol. The van der Waals surface area contributed by atoms with Crippen molar-refractivity contribution in [3.63, 3.8) is 0 Å². The maximum absolute atomic E-state index is 12.4. The lowest BCUT2D eigenvalue weighted by molar-refractivity contribution is -0.165. The standard InChI is InChI=1S/C15H20Cl2N2O3.C4H6O6/c1-3-19-6-4-5-9(19)8-18-15(21)12-13(20)10(16)7-11(17)14(12)22-2;5-1(3(7)8)2(6)4(9)10/h7,9,20H,3-6,8H2,1-2H3,(H,18,21);1-2,5-6H,(H,7,8)(H,9,10)/t9-;1-,2-/m01/s1. The summed E-state index contributed by atoms with van der Waals surface area (Å²) in [5.41, 5.74) is -0.0268. The second-order valence-corrected chi connectivity index (χ2v) is 7.61. The Balaban J connectivity index is 0.000000433. The van der Waals surface area contributed by atoms with Crippen molar-refractivity contribution in [3.05, 3.63) is 21.7 Å². The second-order valence-electron chi connectivity index (χ2n) is 6.80. The van der Waals surface area contributed by atoms with E-state index < -0.39 is 30.1 Å². The molecule has 6 N–H and O–H groups in total. The Hall–Kier alpha value is -2.31. The number of phenolic OH excluding ortho intramolecular Hbond substituents is 1. The topological polar surface area (TPSA) is 177 Å². The Morgan fingerprint density at radius 3 is 2.22 bits per heavy atom. The van der Waals surface area contributed by atoms with Gasteiger partial charge in [-0.1, -0.05) is 30.1 Å². The Morgan fingerprint density at radius 2 is 1.75 bits per heavy atom. The van der Waals surface area contributed by atoms with Crippen molar-refractivity contribution in [3.8, 4) is 11.5 Å². The summed E-state index contributed by atoms with van der Waals surface area (Å²) in [6.07, 6.45) is -2.35. The van der Waals surface area contributed by atoms with E-state index in [1.54, 1.807) is 0 Å². The quantitative estimate of drug-likeness (QED) is 0.301. The molecule has 13 heteroatoms. The first-order chi connectivity index (χ1) is 15.0. The molecule has 32 heavy (non-hydrogen) atoms.